The number of benzene rings is 2. The van der Waals surface area contributed by atoms with Crippen LogP contribution in [0.4, 0.5) is 5.13 Å². The van der Waals surface area contributed by atoms with Gasteiger partial charge in [0.15, 0.2) is 12.4 Å². The van der Waals surface area contributed by atoms with Crippen molar-refractivity contribution in [3.63, 3.8) is 0 Å². The number of rotatable bonds is 6. The third-order valence-electron chi connectivity index (χ3n) is 3.30. The molecule has 1 amide bonds. The van der Waals surface area contributed by atoms with Crippen molar-refractivity contribution in [2.75, 3.05) is 11.9 Å². The van der Waals surface area contributed by atoms with E-state index >= 15 is 0 Å². The van der Waals surface area contributed by atoms with Crippen molar-refractivity contribution >= 4 is 28.2 Å². The Hall–Kier alpha value is -3.06. The Morgan fingerprint density at radius 2 is 1.88 bits per heavy atom. The molecule has 1 N–H and O–H groups in total. The van der Waals surface area contributed by atoms with E-state index in [1.54, 1.807) is 24.3 Å². The number of carbonyl (C=O) groups excluding carboxylic acids is 2. The van der Waals surface area contributed by atoms with Crippen LogP contribution in [0.3, 0.4) is 0 Å². The molecule has 6 nitrogen and oxygen atoms in total. The highest BCUT2D eigenvalue weighted by atomic mass is 32.1. The van der Waals surface area contributed by atoms with Crippen LogP contribution in [0.25, 0.3) is 10.6 Å². The summed E-state index contributed by atoms with van der Waals surface area (Å²) >= 11 is 1.29. The highest BCUT2D eigenvalue weighted by molar-refractivity contribution is 7.18. The summed E-state index contributed by atoms with van der Waals surface area (Å²) in [6.45, 7) is 1.30. The van der Waals surface area contributed by atoms with Crippen molar-refractivity contribution in [1.82, 2.24) is 10.2 Å². The van der Waals surface area contributed by atoms with Crippen molar-refractivity contribution in [2.24, 2.45) is 0 Å². The van der Waals surface area contributed by atoms with Crippen LogP contribution in [0.2, 0.25) is 0 Å². The average molecular weight is 353 g/mol. The minimum absolute atomic E-state index is 0.0581. The molecule has 0 atom stereocenters. The van der Waals surface area contributed by atoms with E-state index in [0.29, 0.717) is 16.4 Å². The van der Waals surface area contributed by atoms with E-state index in [1.165, 1.54) is 18.3 Å². The largest absolute Gasteiger partial charge is 0.484 e. The van der Waals surface area contributed by atoms with Crippen LogP contribution in [-0.4, -0.2) is 28.5 Å². The van der Waals surface area contributed by atoms with Crippen molar-refractivity contribution < 1.29 is 14.3 Å². The van der Waals surface area contributed by atoms with E-state index in [2.05, 4.69) is 15.5 Å². The quantitative estimate of drug-likeness (QED) is 0.687. The first-order chi connectivity index (χ1) is 12.1. The van der Waals surface area contributed by atoms with E-state index in [4.69, 9.17) is 4.74 Å². The predicted molar refractivity (Wildman–Crippen MR) is 95.9 cm³/mol. The Morgan fingerprint density at radius 3 is 2.64 bits per heavy atom. The zero-order valence-corrected chi connectivity index (χ0v) is 14.2. The summed E-state index contributed by atoms with van der Waals surface area (Å²) in [6.07, 6.45) is 0. The molecule has 0 saturated carbocycles. The molecule has 0 fully saturated rings. The maximum atomic E-state index is 12.0. The minimum atomic E-state index is -0.344. The summed E-state index contributed by atoms with van der Waals surface area (Å²) in [7, 11) is 0. The molecule has 0 saturated heterocycles. The van der Waals surface area contributed by atoms with E-state index in [1.807, 2.05) is 30.3 Å². The molecule has 0 unspecified atom stereocenters. The molecule has 25 heavy (non-hydrogen) atoms. The number of hydrogen-bond acceptors (Lipinski definition) is 6. The smallest absolute Gasteiger partial charge is 0.264 e. The number of ether oxygens (including phenoxy) is 1. The molecule has 0 aliphatic rings. The first-order valence-corrected chi connectivity index (χ1v) is 8.36. The summed E-state index contributed by atoms with van der Waals surface area (Å²) in [5, 5.41) is 11.8. The number of Topliss-reactive ketones (excluding diaryl/α,β-unsaturated/α-hetero) is 1. The molecule has 0 spiro atoms. The third-order valence-corrected chi connectivity index (χ3v) is 4.19. The van der Waals surface area contributed by atoms with Crippen LogP contribution in [-0.2, 0) is 4.79 Å². The Bertz CT molecular complexity index is 893. The number of hydrogen-bond donors (Lipinski definition) is 1. The van der Waals surface area contributed by atoms with Gasteiger partial charge in [-0.15, -0.1) is 10.2 Å². The maximum absolute atomic E-state index is 12.0. The van der Waals surface area contributed by atoms with Crippen LogP contribution in [0.5, 0.6) is 5.75 Å². The van der Waals surface area contributed by atoms with Gasteiger partial charge < -0.3 is 4.74 Å². The molecule has 0 radical (unpaired) electrons. The molecular weight excluding hydrogens is 338 g/mol. The number of amides is 1. The second kappa shape index (κ2) is 7.67. The fourth-order valence-electron chi connectivity index (χ4n) is 2.08. The Kier molecular flexibility index (Phi) is 5.15. The zero-order chi connectivity index (χ0) is 17.6. The lowest BCUT2D eigenvalue weighted by molar-refractivity contribution is -0.118. The maximum Gasteiger partial charge on any atom is 0.264 e. The summed E-state index contributed by atoms with van der Waals surface area (Å²) in [5.41, 5.74) is 1.48. The first-order valence-electron chi connectivity index (χ1n) is 7.54. The molecule has 0 bridgehead atoms. The van der Waals surface area contributed by atoms with Gasteiger partial charge in [-0.2, -0.15) is 0 Å². The van der Waals surface area contributed by atoms with Crippen LogP contribution >= 0.6 is 11.3 Å². The van der Waals surface area contributed by atoms with Crippen LogP contribution < -0.4 is 10.1 Å². The van der Waals surface area contributed by atoms with Gasteiger partial charge in [-0.25, -0.2) is 0 Å². The Balaban J connectivity index is 1.57. The monoisotopic (exact) mass is 353 g/mol. The SMILES string of the molecule is CC(=O)c1cccc(OCC(=O)Nc2nnc(-c3ccccc3)s2)c1. The molecule has 126 valence electrons. The molecule has 7 heteroatoms. The number of nitrogens with one attached hydrogen (secondary N) is 1. The van der Waals surface area contributed by atoms with Crippen molar-refractivity contribution in [1.29, 1.82) is 0 Å². The van der Waals surface area contributed by atoms with E-state index in [9.17, 15) is 9.59 Å². The highest BCUT2D eigenvalue weighted by Crippen LogP contribution is 2.25. The van der Waals surface area contributed by atoms with Crippen LogP contribution in [0, 0.1) is 0 Å². The second-order valence-corrected chi connectivity index (χ2v) is 6.18. The Morgan fingerprint density at radius 1 is 1.08 bits per heavy atom. The van der Waals surface area contributed by atoms with Crippen LogP contribution in [0.15, 0.2) is 54.6 Å². The van der Waals surface area contributed by atoms with Crippen molar-refractivity contribution in [3.05, 3.63) is 60.2 Å². The third kappa shape index (κ3) is 4.48. The summed E-state index contributed by atoms with van der Waals surface area (Å²) in [5.74, 6) is 0.0614. The molecular formula is C18H15N3O3S. The fraction of sp³-hybridized carbons (Fsp3) is 0.111. The predicted octanol–water partition coefficient (Wildman–Crippen LogP) is 3.43. The molecule has 0 aliphatic heterocycles. The molecule has 1 heterocycles. The molecule has 3 rings (SSSR count). The van der Waals surface area contributed by atoms with Gasteiger partial charge in [0, 0.05) is 11.1 Å². The first kappa shape index (κ1) is 16.8. The van der Waals surface area contributed by atoms with E-state index in [0.717, 1.165) is 10.6 Å². The van der Waals surface area contributed by atoms with Gasteiger partial charge in [-0.05, 0) is 19.1 Å². The number of nitrogens with zero attached hydrogens (tertiary/aromatic N) is 2. The molecule has 0 aliphatic carbocycles. The zero-order valence-electron chi connectivity index (χ0n) is 13.4. The summed E-state index contributed by atoms with van der Waals surface area (Å²) < 4.78 is 5.41. The lowest BCUT2D eigenvalue weighted by Crippen LogP contribution is -2.20. The fourth-order valence-corrected chi connectivity index (χ4v) is 2.85. The van der Waals surface area contributed by atoms with Gasteiger partial charge in [0.05, 0.1) is 0 Å². The van der Waals surface area contributed by atoms with Gasteiger partial charge in [-0.1, -0.05) is 53.8 Å². The lowest BCUT2D eigenvalue weighted by atomic mass is 10.1. The van der Waals surface area contributed by atoms with Crippen molar-refractivity contribution in [2.45, 2.75) is 6.92 Å². The standard InChI is InChI=1S/C18H15N3O3S/c1-12(22)14-8-5-9-15(10-14)24-11-16(23)19-18-21-20-17(25-18)13-6-3-2-4-7-13/h2-10H,11H2,1H3,(H,19,21,23). The average Bonchev–Trinajstić information content (AvgIpc) is 3.09. The number of ketones is 1. The van der Waals surface area contributed by atoms with Gasteiger partial charge in [0.25, 0.3) is 5.91 Å². The number of aromatic nitrogens is 2. The van der Waals surface area contributed by atoms with Gasteiger partial charge in [0.2, 0.25) is 5.13 Å². The Labute approximate surface area is 148 Å². The molecule has 3 aromatic rings. The molecule has 1 aromatic heterocycles. The number of anilines is 1. The number of carbonyl (C=O) groups is 2. The summed E-state index contributed by atoms with van der Waals surface area (Å²) in [4.78, 5) is 23.3. The lowest BCUT2D eigenvalue weighted by Gasteiger charge is -2.06. The van der Waals surface area contributed by atoms with E-state index < -0.39 is 0 Å². The summed E-state index contributed by atoms with van der Waals surface area (Å²) in [6, 6.07) is 16.3. The van der Waals surface area contributed by atoms with Gasteiger partial charge >= 0.3 is 0 Å². The van der Waals surface area contributed by atoms with Gasteiger partial charge in [-0.3, -0.25) is 14.9 Å². The topological polar surface area (TPSA) is 81.2 Å². The highest BCUT2D eigenvalue weighted by Gasteiger charge is 2.10. The van der Waals surface area contributed by atoms with Crippen LogP contribution in [0.1, 0.15) is 17.3 Å². The minimum Gasteiger partial charge on any atom is -0.484 e. The van der Waals surface area contributed by atoms with Crippen molar-refractivity contribution in [3.8, 4) is 16.3 Å². The molecule has 2 aromatic carbocycles. The van der Waals surface area contributed by atoms with Gasteiger partial charge in [0.1, 0.15) is 10.8 Å². The normalized spacial score (nSPS) is 10.3. The second-order valence-electron chi connectivity index (χ2n) is 5.20. The van der Waals surface area contributed by atoms with E-state index in [-0.39, 0.29) is 18.3 Å².